The van der Waals surface area contributed by atoms with Gasteiger partial charge in [0, 0.05) is 25.5 Å². The zero-order chi connectivity index (χ0) is 12.8. The summed E-state index contributed by atoms with van der Waals surface area (Å²) in [6, 6.07) is 6.59. The van der Waals surface area contributed by atoms with E-state index in [9.17, 15) is 4.39 Å². The molecular weight excluding hydrogens is 229 g/mol. The van der Waals surface area contributed by atoms with Crippen molar-refractivity contribution >= 4 is 5.95 Å². The van der Waals surface area contributed by atoms with Crippen LogP contribution in [0.4, 0.5) is 10.3 Å². The largest absolute Gasteiger partial charge is 0.352 e. The predicted molar refractivity (Wildman–Crippen MR) is 71.0 cm³/mol. The van der Waals surface area contributed by atoms with Gasteiger partial charge >= 0.3 is 0 Å². The summed E-state index contributed by atoms with van der Waals surface area (Å²) in [7, 11) is 0. The molecule has 18 heavy (non-hydrogen) atoms. The van der Waals surface area contributed by atoms with Crippen LogP contribution in [-0.4, -0.2) is 16.1 Å². The zero-order valence-electron chi connectivity index (χ0n) is 10.1. The van der Waals surface area contributed by atoms with Crippen LogP contribution in [0.2, 0.25) is 0 Å². The maximum absolute atomic E-state index is 12.8. The number of aromatic nitrogens is 2. The molecule has 2 rings (SSSR count). The van der Waals surface area contributed by atoms with Crippen LogP contribution in [0, 0.1) is 5.82 Å². The number of halogens is 1. The normalized spacial score (nSPS) is 10.3. The third-order valence-electron chi connectivity index (χ3n) is 2.67. The van der Waals surface area contributed by atoms with Crippen molar-refractivity contribution in [3.63, 3.8) is 0 Å². The van der Waals surface area contributed by atoms with E-state index < -0.39 is 0 Å². The average Bonchev–Trinajstić information content (AvgIpc) is 2.83. The Bertz CT molecular complexity index is 502. The second-order valence-corrected chi connectivity index (χ2v) is 3.99. The second kappa shape index (κ2) is 6.00. The molecule has 1 N–H and O–H groups in total. The fourth-order valence-electron chi connectivity index (χ4n) is 1.72. The van der Waals surface area contributed by atoms with Gasteiger partial charge in [0.05, 0.1) is 0 Å². The molecule has 3 nitrogen and oxygen atoms in total. The van der Waals surface area contributed by atoms with Crippen LogP contribution >= 0.6 is 0 Å². The van der Waals surface area contributed by atoms with Crippen LogP contribution in [0.3, 0.4) is 0 Å². The molecule has 0 atom stereocenters. The highest BCUT2D eigenvalue weighted by Crippen LogP contribution is 2.08. The Morgan fingerprint density at radius 3 is 2.83 bits per heavy atom. The minimum atomic E-state index is -0.199. The quantitative estimate of drug-likeness (QED) is 0.793. The van der Waals surface area contributed by atoms with E-state index in [-0.39, 0.29) is 5.82 Å². The second-order valence-electron chi connectivity index (χ2n) is 3.99. The summed E-state index contributed by atoms with van der Waals surface area (Å²) in [5, 5.41) is 3.16. The van der Waals surface area contributed by atoms with E-state index in [0.717, 1.165) is 24.5 Å². The lowest BCUT2D eigenvalue weighted by Gasteiger charge is -2.08. The number of anilines is 1. The first-order chi connectivity index (χ1) is 8.79. The van der Waals surface area contributed by atoms with E-state index in [1.807, 2.05) is 22.9 Å². The van der Waals surface area contributed by atoms with E-state index in [2.05, 4.69) is 16.9 Å². The summed E-state index contributed by atoms with van der Waals surface area (Å²) in [5.74, 6) is 0.631. The average molecular weight is 245 g/mol. The van der Waals surface area contributed by atoms with E-state index in [0.29, 0.717) is 6.54 Å². The monoisotopic (exact) mass is 245 g/mol. The molecule has 4 heteroatoms. The molecule has 0 amide bonds. The molecule has 0 radical (unpaired) electrons. The number of nitrogens with zero attached hydrogens (tertiary/aromatic N) is 2. The molecule has 0 aliphatic heterocycles. The number of aryl methyl sites for hydroxylation is 2. The van der Waals surface area contributed by atoms with Crippen molar-refractivity contribution in [3.05, 3.63) is 60.7 Å². The van der Waals surface area contributed by atoms with Gasteiger partial charge in [-0.05, 0) is 24.1 Å². The lowest BCUT2D eigenvalue weighted by Crippen LogP contribution is -2.08. The first kappa shape index (κ1) is 12.4. The molecule has 0 bridgehead atoms. The highest BCUT2D eigenvalue weighted by atomic mass is 19.1. The number of nitrogens with one attached hydrogen (secondary N) is 1. The molecule has 1 aromatic carbocycles. The molecular formula is C14H16FN3. The molecule has 1 aromatic heterocycles. The van der Waals surface area contributed by atoms with Crippen LogP contribution in [0.25, 0.3) is 0 Å². The van der Waals surface area contributed by atoms with Crippen molar-refractivity contribution in [2.24, 2.45) is 0 Å². The first-order valence-electron chi connectivity index (χ1n) is 5.90. The van der Waals surface area contributed by atoms with Crippen molar-refractivity contribution in [2.45, 2.75) is 13.0 Å². The van der Waals surface area contributed by atoms with Crippen molar-refractivity contribution in [3.8, 4) is 0 Å². The fourth-order valence-corrected chi connectivity index (χ4v) is 1.72. The Morgan fingerprint density at radius 1 is 1.33 bits per heavy atom. The van der Waals surface area contributed by atoms with Crippen LogP contribution in [-0.2, 0) is 13.0 Å². The molecule has 0 unspecified atom stereocenters. The molecule has 0 spiro atoms. The van der Waals surface area contributed by atoms with Crippen LogP contribution in [0.1, 0.15) is 5.56 Å². The third-order valence-corrected chi connectivity index (χ3v) is 2.67. The summed E-state index contributed by atoms with van der Waals surface area (Å²) in [6.07, 6.45) is 6.32. The van der Waals surface area contributed by atoms with E-state index >= 15 is 0 Å². The minimum Gasteiger partial charge on any atom is -0.352 e. The van der Waals surface area contributed by atoms with Crippen LogP contribution in [0.5, 0.6) is 0 Å². The highest BCUT2D eigenvalue weighted by Gasteiger charge is 2.01. The number of imidazole rings is 1. The molecule has 2 aromatic rings. The summed E-state index contributed by atoms with van der Waals surface area (Å²) < 4.78 is 14.8. The first-order valence-corrected chi connectivity index (χ1v) is 5.90. The zero-order valence-corrected chi connectivity index (χ0v) is 10.1. The Labute approximate surface area is 106 Å². The van der Waals surface area contributed by atoms with Crippen molar-refractivity contribution in [1.82, 2.24) is 9.55 Å². The smallest absolute Gasteiger partial charge is 0.203 e. The van der Waals surface area contributed by atoms with Gasteiger partial charge in [0.15, 0.2) is 0 Å². The van der Waals surface area contributed by atoms with Gasteiger partial charge in [0.2, 0.25) is 5.95 Å². The number of hydrogen-bond acceptors (Lipinski definition) is 2. The van der Waals surface area contributed by atoms with Crippen molar-refractivity contribution in [2.75, 3.05) is 11.9 Å². The molecule has 0 aliphatic carbocycles. The maximum Gasteiger partial charge on any atom is 0.203 e. The highest BCUT2D eigenvalue weighted by molar-refractivity contribution is 5.27. The third kappa shape index (κ3) is 3.20. The number of rotatable bonds is 6. The van der Waals surface area contributed by atoms with Crippen LogP contribution < -0.4 is 5.32 Å². The molecule has 0 aliphatic rings. The SMILES string of the molecule is C=CCNc1nccn1CCc1ccc(F)cc1. The van der Waals surface area contributed by atoms with Gasteiger partial charge in [-0.1, -0.05) is 18.2 Å². The van der Waals surface area contributed by atoms with E-state index in [1.165, 1.54) is 12.1 Å². The topological polar surface area (TPSA) is 29.9 Å². The lowest BCUT2D eigenvalue weighted by molar-refractivity contribution is 0.625. The Kier molecular flexibility index (Phi) is 4.12. The van der Waals surface area contributed by atoms with Gasteiger partial charge in [0.25, 0.3) is 0 Å². The maximum atomic E-state index is 12.8. The Hall–Kier alpha value is -2.10. The van der Waals surface area contributed by atoms with Gasteiger partial charge < -0.3 is 9.88 Å². The molecule has 1 heterocycles. The van der Waals surface area contributed by atoms with Crippen LogP contribution in [0.15, 0.2) is 49.3 Å². The van der Waals surface area contributed by atoms with Gasteiger partial charge in [-0.25, -0.2) is 9.37 Å². The number of benzene rings is 1. The summed E-state index contributed by atoms with van der Waals surface area (Å²) in [4.78, 5) is 4.22. The summed E-state index contributed by atoms with van der Waals surface area (Å²) >= 11 is 0. The van der Waals surface area contributed by atoms with E-state index in [1.54, 1.807) is 12.3 Å². The summed E-state index contributed by atoms with van der Waals surface area (Å²) in [6.45, 7) is 5.16. The fraction of sp³-hybridized carbons (Fsp3) is 0.214. The van der Waals surface area contributed by atoms with Gasteiger partial charge in [-0.2, -0.15) is 0 Å². The van der Waals surface area contributed by atoms with Gasteiger partial charge in [-0.3, -0.25) is 0 Å². The van der Waals surface area contributed by atoms with Crippen molar-refractivity contribution in [1.29, 1.82) is 0 Å². The molecule has 0 saturated heterocycles. The predicted octanol–water partition coefficient (Wildman–Crippen LogP) is 2.86. The minimum absolute atomic E-state index is 0.199. The van der Waals surface area contributed by atoms with E-state index in [4.69, 9.17) is 0 Å². The standard InChI is InChI=1S/C14H16FN3/c1-2-8-16-14-17-9-11-18(14)10-7-12-3-5-13(15)6-4-12/h2-6,9,11H,1,7-8,10H2,(H,16,17). The van der Waals surface area contributed by atoms with Gasteiger partial charge in [0.1, 0.15) is 5.82 Å². The van der Waals surface area contributed by atoms with Gasteiger partial charge in [-0.15, -0.1) is 6.58 Å². The molecule has 94 valence electrons. The lowest BCUT2D eigenvalue weighted by atomic mass is 10.1. The Morgan fingerprint density at radius 2 is 2.11 bits per heavy atom. The van der Waals surface area contributed by atoms with Crippen molar-refractivity contribution < 1.29 is 4.39 Å². The number of hydrogen-bond donors (Lipinski definition) is 1. The Balaban J connectivity index is 1.95. The molecule has 0 fully saturated rings. The summed E-state index contributed by atoms with van der Waals surface area (Å²) in [5.41, 5.74) is 1.11. The molecule has 0 saturated carbocycles.